The third-order valence-electron chi connectivity index (χ3n) is 2.72. The van der Waals surface area contributed by atoms with E-state index in [0.29, 0.717) is 18.7 Å². The van der Waals surface area contributed by atoms with Crippen molar-refractivity contribution in [2.45, 2.75) is 27.3 Å². The molecule has 0 radical (unpaired) electrons. The van der Waals surface area contributed by atoms with Crippen molar-refractivity contribution < 1.29 is 13.6 Å². The van der Waals surface area contributed by atoms with Crippen LogP contribution in [0.5, 0.6) is 0 Å². The largest absolute Gasteiger partial charge is 0.455 e. The molecule has 2 rings (SSSR count). The molecular weight excluding hydrogens is 251 g/mol. The minimum absolute atomic E-state index is 0.110. The molecule has 1 aromatic heterocycles. The molecule has 1 aliphatic heterocycles. The lowest BCUT2D eigenvalue weighted by molar-refractivity contribution is 0.0413. The van der Waals surface area contributed by atoms with Gasteiger partial charge in [0.05, 0.1) is 13.2 Å². The fourth-order valence-corrected chi connectivity index (χ4v) is 3.25. The predicted octanol–water partition coefficient (Wildman–Crippen LogP) is 2.59. The number of hydrogen-bond acceptors (Lipinski definition) is 3. The lowest BCUT2D eigenvalue weighted by Crippen LogP contribution is -2.29. The van der Waals surface area contributed by atoms with Gasteiger partial charge in [0.2, 0.25) is 0 Å². The Bertz CT molecular complexity index is 522. The van der Waals surface area contributed by atoms with Crippen LogP contribution in [0.25, 0.3) is 0 Å². The van der Waals surface area contributed by atoms with E-state index in [1.165, 1.54) is 0 Å². The fraction of sp³-hybridized carbons (Fsp3) is 0.583. The van der Waals surface area contributed by atoms with Gasteiger partial charge < -0.3 is 4.57 Å². The monoisotopic (exact) mass is 270 g/mol. The van der Waals surface area contributed by atoms with Crippen LogP contribution in [0.4, 0.5) is 0 Å². The van der Waals surface area contributed by atoms with Crippen LogP contribution in [0.1, 0.15) is 20.8 Å². The summed E-state index contributed by atoms with van der Waals surface area (Å²) in [6.07, 6.45) is 1.89. The van der Waals surface area contributed by atoms with Crippen molar-refractivity contribution in [3.05, 3.63) is 29.9 Å². The molecule has 1 saturated heterocycles. The molecule has 0 spiro atoms. The Morgan fingerprint density at radius 2 is 2.06 bits per heavy atom. The molecule has 0 unspecified atom stereocenters. The lowest BCUT2D eigenvalue weighted by atomic mass is 9.97. The molecule has 0 amide bonds. The standard InChI is InChI=1S/C12H19N2O3P/c1-4-14-8-6-5-7-11(14)13-18(15)16-9-12(2,3)10-17-18/h5-8H,4,9-10H2,1-3H3/b13-11-. The van der Waals surface area contributed by atoms with Gasteiger partial charge in [0.25, 0.3) is 0 Å². The quantitative estimate of drug-likeness (QED) is 0.776. The highest BCUT2D eigenvalue weighted by Gasteiger charge is 2.36. The van der Waals surface area contributed by atoms with Gasteiger partial charge >= 0.3 is 7.75 Å². The Kier molecular flexibility index (Phi) is 3.76. The highest BCUT2D eigenvalue weighted by Crippen LogP contribution is 2.54. The van der Waals surface area contributed by atoms with Crippen LogP contribution in [0.3, 0.4) is 0 Å². The van der Waals surface area contributed by atoms with Gasteiger partial charge in [0.15, 0.2) is 0 Å². The van der Waals surface area contributed by atoms with Crippen LogP contribution < -0.4 is 5.49 Å². The average Bonchev–Trinajstić information content (AvgIpc) is 2.34. The van der Waals surface area contributed by atoms with Crippen molar-refractivity contribution in [1.29, 1.82) is 0 Å². The van der Waals surface area contributed by atoms with Gasteiger partial charge in [0, 0.05) is 18.2 Å². The molecule has 0 aliphatic carbocycles. The van der Waals surface area contributed by atoms with E-state index in [-0.39, 0.29) is 5.41 Å². The SMILES string of the molecule is CCn1cccc/c1=N/P1(=O)OCC(C)(C)CO1. The van der Waals surface area contributed by atoms with E-state index < -0.39 is 7.75 Å². The summed E-state index contributed by atoms with van der Waals surface area (Å²) < 4.78 is 29.1. The van der Waals surface area contributed by atoms with Crippen molar-refractivity contribution >= 4 is 7.75 Å². The lowest BCUT2D eigenvalue weighted by Gasteiger charge is -2.31. The second kappa shape index (κ2) is 5.00. The molecule has 6 heteroatoms. The van der Waals surface area contributed by atoms with E-state index in [9.17, 15) is 4.57 Å². The molecule has 0 atom stereocenters. The van der Waals surface area contributed by atoms with E-state index in [1.807, 2.05) is 43.7 Å². The Hall–Kier alpha value is -0.900. The molecule has 100 valence electrons. The van der Waals surface area contributed by atoms with Gasteiger partial charge in [-0.1, -0.05) is 19.9 Å². The summed E-state index contributed by atoms with van der Waals surface area (Å²) in [7, 11) is -3.35. The molecule has 1 aromatic rings. The van der Waals surface area contributed by atoms with Crippen molar-refractivity contribution in [2.24, 2.45) is 10.2 Å². The Labute approximate surface area is 107 Å². The van der Waals surface area contributed by atoms with Crippen LogP contribution >= 0.6 is 7.75 Å². The van der Waals surface area contributed by atoms with E-state index in [1.54, 1.807) is 6.07 Å². The van der Waals surface area contributed by atoms with Gasteiger partial charge in [-0.05, 0) is 19.1 Å². The summed E-state index contributed by atoms with van der Waals surface area (Å²) in [5.74, 6) is 0. The molecular formula is C12H19N2O3P. The molecule has 0 aromatic carbocycles. The van der Waals surface area contributed by atoms with Gasteiger partial charge in [-0.2, -0.15) is 4.76 Å². The second-order valence-corrected chi connectivity index (χ2v) is 6.78. The number of hydrogen-bond donors (Lipinski definition) is 0. The normalized spacial score (nSPS) is 22.9. The topological polar surface area (TPSA) is 52.8 Å². The maximum absolute atomic E-state index is 12.3. The highest BCUT2D eigenvalue weighted by atomic mass is 31.2. The first-order chi connectivity index (χ1) is 8.44. The molecule has 1 fully saturated rings. The Morgan fingerprint density at radius 1 is 1.39 bits per heavy atom. The van der Waals surface area contributed by atoms with Gasteiger partial charge in [-0.15, -0.1) is 0 Å². The van der Waals surface area contributed by atoms with Crippen LogP contribution in [-0.4, -0.2) is 17.8 Å². The van der Waals surface area contributed by atoms with Crippen LogP contribution in [0.15, 0.2) is 29.2 Å². The van der Waals surface area contributed by atoms with Crippen molar-refractivity contribution in [3.8, 4) is 0 Å². The minimum atomic E-state index is -3.35. The summed E-state index contributed by atoms with van der Waals surface area (Å²) in [5.41, 5.74) is 0.504. The molecule has 0 bridgehead atoms. The smallest absolute Gasteiger partial charge is 0.333 e. The Morgan fingerprint density at radius 3 is 2.67 bits per heavy atom. The number of aromatic nitrogens is 1. The molecule has 2 heterocycles. The van der Waals surface area contributed by atoms with E-state index in [2.05, 4.69) is 4.76 Å². The van der Waals surface area contributed by atoms with Crippen molar-refractivity contribution in [2.75, 3.05) is 13.2 Å². The molecule has 0 N–H and O–H groups in total. The van der Waals surface area contributed by atoms with Crippen LogP contribution in [0, 0.1) is 5.41 Å². The third kappa shape index (κ3) is 3.10. The first-order valence-electron chi connectivity index (χ1n) is 6.05. The second-order valence-electron chi connectivity index (χ2n) is 5.12. The highest BCUT2D eigenvalue weighted by molar-refractivity contribution is 7.52. The van der Waals surface area contributed by atoms with Crippen molar-refractivity contribution in [3.63, 3.8) is 0 Å². The minimum Gasteiger partial charge on any atom is -0.333 e. The maximum atomic E-state index is 12.3. The number of rotatable bonds is 2. The first kappa shape index (κ1) is 13.5. The van der Waals surface area contributed by atoms with Crippen molar-refractivity contribution in [1.82, 2.24) is 4.57 Å². The summed E-state index contributed by atoms with van der Waals surface area (Å²) in [6, 6.07) is 5.56. The zero-order valence-electron chi connectivity index (χ0n) is 11.0. The summed E-state index contributed by atoms with van der Waals surface area (Å²) >= 11 is 0. The number of aryl methyl sites for hydroxylation is 1. The number of nitrogens with zero attached hydrogens (tertiary/aromatic N) is 2. The fourth-order valence-electron chi connectivity index (χ4n) is 1.60. The van der Waals surface area contributed by atoms with Crippen LogP contribution in [0.2, 0.25) is 0 Å². The maximum Gasteiger partial charge on any atom is 0.455 e. The van der Waals surface area contributed by atoms with Gasteiger partial charge in [0.1, 0.15) is 5.49 Å². The number of pyridine rings is 1. The molecule has 5 nitrogen and oxygen atoms in total. The predicted molar refractivity (Wildman–Crippen MR) is 69.0 cm³/mol. The first-order valence-corrected chi connectivity index (χ1v) is 7.55. The summed E-state index contributed by atoms with van der Waals surface area (Å²) in [6.45, 7) is 7.56. The zero-order valence-corrected chi connectivity index (χ0v) is 11.9. The zero-order chi connectivity index (χ0) is 13.2. The van der Waals surface area contributed by atoms with E-state index in [0.717, 1.165) is 6.54 Å². The van der Waals surface area contributed by atoms with Gasteiger partial charge in [-0.3, -0.25) is 9.05 Å². The average molecular weight is 270 g/mol. The van der Waals surface area contributed by atoms with E-state index in [4.69, 9.17) is 9.05 Å². The third-order valence-corrected chi connectivity index (χ3v) is 4.08. The van der Waals surface area contributed by atoms with E-state index >= 15 is 0 Å². The molecule has 1 aliphatic rings. The summed E-state index contributed by atoms with van der Waals surface area (Å²) in [4.78, 5) is 0. The summed E-state index contributed by atoms with van der Waals surface area (Å²) in [5, 5.41) is 0. The Balaban J connectivity index is 2.30. The molecule has 0 saturated carbocycles. The molecule has 18 heavy (non-hydrogen) atoms. The van der Waals surface area contributed by atoms with Gasteiger partial charge in [-0.25, -0.2) is 4.57 Å². The van der Waals surface area contributed by atoms with Crippen LogP contribution in [-0.2, 0) is 20.2 Å².